The van der Waals surface area contributed by atoms with Gasteiger partial charge in [-0.05, 0) is 57.6 Å². The molecule has 0 aromatic heterocycles. The van der Waals surface area contributed by atoms with Gasteiger partial charge in [0.05, 0.1) is 5.41 Å². The minimum atomic E-state index is -0.429. The molecule has 0 heterocycles. The maximum atomic E-state index is 5.76. The van der Waals surface area contributed by atoms with Gasteiger partial charge in [0.2, 0.25) is 0 Å². The Morgan fingerprint density at radius 1 is 0.545 bits per heavy atom. The van der Waals surface area contributed by atoms with Gasteiger partial charge < -0.3 is 9.47 Å². The Kier molecular flexibility index (Phi) is 5.58. The molecule has 1 aliphatic rings. The average molecular weight is 431 g/mol. The van der Waals surface area contributed by atoms with Gasteiger partial charge in [-0.15, -0.1) is 0 Å². The van der Waals surface area contributed by atoms with E-state index in [2.05, 4.69) is 86.0 Å². The van der Waals surface area contributed by atoms with E-state index in [1.54, 1.807) is 12.2 Å². The van der Waals surface area contributed by atoms with Crippen molar-refractivity contribution < 1.29 is 9.47 Å². The van der Waals surface area contributed by atoms with E-state index in [1.165, 1.54) is 33.4 Å². The van der Waals surface area contributed by atoms with E-state index in [4.69, 9.17) is 9.47 Å². The van der Waals surface area contributed by atoms with Crippen LogP contribution in [-0.2, 0) is 5.41 Å². The lowest BCUT2D eigenvalue weighted by Gasteiger charge is -2.34. The fraction of sp³-hybridized carbons (Fsp3) is 0.0968. The summed E-state index contributed by atoms with van der Waals surface area (Å²) >= 11 is 0. The number of ether oxygens (including phenoxy) is 2. The van der Waals surface area contributed by atoms with E-state index in [0.29, 0.717) is 13.2 Å². The average Bonchev–Trinajstić information content (AvgIpc) is 3.18. The molecule has 162 valence electrons. The van der Waals surface area contributed by atoms with Gasteiger partial charge in [-0.1, -0.05) is 98.1 Å². The van der Waals surface area contributed by atoms with Crippen molar-refractivity contribution in [3.63, 3.8) is 0 Å². The van der Waals surface area contributed by atoms with Crippen molar-refractivity contribution in [2.45, 2.75) is 5.41 Å². The molecule has 0 fully saturated rings. The van der Waals surface area contributed by atoms with E-state index in [0.717, 1.165) is 11.5 Å². The molecule has 33 heavy (non-hydrogen) atoms. The van der Waals surface area contributed by atoms with Crippen molar-refractivity contribution in [2.75, 3.05) is 13.2 Å². The van der Waals surface area contributed by atoms with Crippen molar-refractivity contribution in [3.8, 4) is 22.6 Å². The molecule has 2 nitrogen and oxygen atoms in total. The lowest BCUT2D eigenvalue weighted by Crippen LogP contribution is -2.28. The van der Waals surface area contributed by atoms with Gasteiger partial charge in [0.25, 0.3) is 0 Å². The van der Waals surface area contributed by atoms with Crippen LogP contribution in [0.2, 0.25) is 0 Å². The van der Waals surface area contributed by atoms with Crippen molar-refractivity contribution in [2.24, 2.45) is 0 Å². The highest BCUT2D eigenvalue weighted by molar-refractivity contribution is 5.86. The first-order chi connectivity index (χ1) is 16.3. The van der Waals surface area contributed by atoms with Crippen molar-refractivity contribution in [3.05, 3.63) is 145 Å². The summed E-state index contributed by atoms with van der Waals surface area (Å²) in [6.45, 7) is 8.46. The van der Waals surface area contributed by atoms with Crippen molar-refractivity contribution >= 4 is 0 Å². The summed E-state index contributed by atoms with van der Waals surface area (Å²) in [4.78, 5) is 0. The predicted molar refractivity (Wildman–Crippen MR) is 135 cm³/mol. The summed E-state index contributed by atoms with van der Waals surface area (Å²) in [5.74, 6) is 1.67. The quantitative estimate of drug-likeness (QED) is 0.243. The molecule has 0 N–H and O–H groups in total. The molecule has 4 aromatic carbocycles. The summed E-state index contributed by atoms with van der Waals surface area (Å²) in [7, 11) is 0. The second-order valence-corrected chi connectivity index (χ2v) is 8.09. The number of hydrogen-bond donors (Lipinski definition) is 0. The van der Waals surface area contributed by atoms with Crippen LogP contribution >= 0.6 is 0 Å². The van der Waals surface area contributed by atoms with E-state index < -0.39 is 5.41 Å². The first-order valence-corrected chi connectivity index (χ1v) is 11.2. The highest BCUT2D eigenvalue weighted by Gasteiger charge is 2.45. The molecule has 0 bridgehead atoms. The van der Waals surface area contributed by atoms with Crippen molar-refractivity contribution in [1.82, 2.24) is 0 Å². The Morgan fingerprint density at radius 2 is 0.939 bits per heavy atom. The monoisotopic (exact) mass is 430 g/mol. The van der Waals surface area contributed by atoms with Gasteiger partial charge in [-0.2, -0.15) is 0 Å². The predicted octanol–water partition coefficient (Wildman–Crippen LogP) is 7.18. The Labute approximate surface area is 195 Å². The zero-order valence-electron chi connectivity index (χ0n) is 18.5. The minimum Gasteiger partial charge on any atom is -0.490 e. The summed E-state index contributed by atoms with van der Waals surface area (Å²) in [6.07, 6.45) is 3.52. The Balaban J connectivity index is 1.74. The van der Waals surface area contributed by atoms with Crippen LogP contribution in [0.15, 0.2) is 122 Å². The highest BCUT2D eigenvalue weighted by Crippen LogP contribution is 2.56. The second kappa shape index (κ2) is 8.84. The first-order valence-electron chi connectivity index (χ1n) is 11.2. The van der Waals surface area contributed by atoms with Gasteiger partial charge in [0.15, 0.2) is 0 Å². The standard InChI is InChI=1S/C31H26O2/c1-3-21-32-25-17-13-23(14-18-25)31(24-15-19-26(20-16-24)33-22-4-2)29-11-7-5-9-27(29)28-10-6-8-12-30(28)31/h3-20H,1-2,21-22H2. The summed E-state index contributed by atoms with van der Waals surface area (Å²) in [5, 5.41) is 0. The Hall–Kier alpha value is -4.04. The topological polar surface area (TPSA) is 18.5 Å². The van der Waals surface area contributed by atoms with Gasteiger partial charge in [-0.3, -0.25) is 0 Å². The Bertz CT molecular complexity index is 1180. The molecule has 0 unspecified atom stereocenters. The molecular formula is C31H26O2. The smallest absolute Gasteiger partial charge is 0.119 e. The van der Waals surface area contributed by atoms with Gasteiger partial charge >= 0.3 is 0 Å². The maximum absolute atomic E-state index is 5.76. The molecule has 0 spiro atoms. The van der Waals surface area contributed by atoms with Crippen LogP contribution in [0.4, 0.5) is 0 Å². The van der Waals surface area contributed by atoms with Crippen molar-refractivity contribution in [1.29, 1.82) is 0 Å². The van der Waals surface area contributed by atoms with Crippen LogP contribution in [0.5, 0.6) is 11.5 Å². The Morgan fingerprint density at radius 3 is 1.33 bits per heavy atom. The van der Waals surface area contributed by atoms with E-state index in [9.17, 15) is 0 Å². The fourth-order valence-electron chi connectivity index (χ4n) is 4.94. The molecule has 1 aliphatic carbocycles. The van der Waals surface area contributed by atoms with Crippen LogP contribution in [0, 0.1) is 0 Å². The summed E-state index contributed by atoms with van der Waals surface area (Å²) < 4.78 is 11.5. The van der Waals surface area contributed by atoms with Gasteiger partial charge in [0.1, 0.15) is 24.7 Å². The van der Waals surface area contributed by atoms with Gasteiger partial charge in [-0.25, -0.2) is 0 Å². The number of rotatable bonds is 8. The normalized spacial score (nSPS) is 13.0. The van der Waals surface area contributed by atoms with E-state index in [-0.39, 0.29) is 0 Å². The lowest BCUT2D eigenvalue weighted by molar-refractivity contribution is 0.363. The van der Waals surface area contributed by atoms with Crippen LogP contribution in [-0.4, -0.2) is 13.2 Å². The molecule has 0 amide bonds. The molecule has 0 saturated carbocycles. The molecular weight excluding hydrogens is 404 g/mol. The SMILES string of the molecule is C=CCOc1ccc(C2(c3ccc(OCC=C)cc3)c3ccccc3-c3ccccc32)cc1. The van der Waals surface area contributed by atoms with Crippen LogP contribution in [0.3, 0.4) is 0 Å². The van der Waals surface area contributed by atoms with Crippen LogP contribution in [0.1, 0.15) is 22.3 Å². The summed E-state index contributed by atoms with van der Waals surface area (Å²) in [6, 6.07) is 34.3. The molecule has 0 atom stereocenters. The third-order valence-electron chi connectivity index (χ3n) is 6.26. The highest BCUT2D eigenvalue weighted by atomic mass is 16.5. The number of fused-ring (bicyclic) bond motifs is 3. The lowest BCUT2D eigenvalue weighted by atomic mass is 9.68. The third-order valence-corrected chi connectivity index (χ3v) is 6.26. The van der Waals surface area contributed by atoms with E-state index in [1.807, 2.05) is 24.3 Å². The van der Waals surface area contributed by atoms with Gasteiger partial charge in [0, 0.05) is 0 Å². The molecule has 4 aromatic rings. The zero-order valence-corrected chi connectivity index (χ0v) is 18.5. The van der Waals surface area contributed by atoms with Crippen LogP contribution in [0.25, 0.3) is 11.1 Å². The number of benzene rings is 4. The second-order valence-electron chi connectivity index (χ2n) is 8.09. The van der Waals surface area contributed by atoms with E-state index >= 15 is 0 Å². The third kappa shape index (κ3) is 3.44. The van der Waals surface area contributed by atoms with Crippen LogP contribution < -0.4 is 9.47 Å². The molecule has 0 radical (unpaired) electrons. The molecule has 0 aliphatic heterocycles. The maximum Gasteiger partial charge on any atom is 0.119 e. The largest absolute Gasteiger partial charge is 0.490 e. The fourth-order valence-corrected chi connectivity index (χ4v) is 4.94. The molecule has 2 heteroatoms. The zero-order chi connectivity index (χ0) is 22.7. The first kappa shape index (κ1) is 20.8. The summed E-state index contributed by atoms with van der Waals surface area (Å²) in [5.41, 5.74) is 7.08. The minimum absolute atomic E-state index is 0.429. The number of hydrogen-bond acceptors (Lipinski definition) is 2. The molecule has 5 rings (SSSR count). The molecule has 0 saturated heterocycles.